The van der Waals surface area contributed by atoms with Crippen molar-refractivity contribution in [3.63, 3.8) is 0 Å². The van der Waals surface area contributed by atoms with Gasteiger partial charge in [-0.3, -0.25) is 4.98 Å². The molecule has 0 radical (unpaired) electrons. The van der Waals surface area contributed by atoms with E-state index in [4.69, 9.17) is 16.6 Å². The number of hydrogen-bond acceptors (Lipinski definition) is 4. The van der Waals surface area contributed by atoms with Crippen molar-refractivity contribution in [2.75, 3.05) is 5.73 Å². The zero-order chi connectivity index (χ0) is 11.6. The number of carboxylic acid groups (broad SMARTS) is 1. The molecule has 15 heavy (non-hydrogen) atoms. The molecular formula is C8H9F2N3O2. The number of halogens is 2. The van der Waals surface area contributed by atoms with Gasteiger partial charge in [0.05, 0.1) is 16.9 Å². The lowest BCUT2D eigenvalue weighted by atomic mass is 10.1. The zero-order valence-electron chi connectivity index (χ0n) is 7.58. The van der Waals surface area contributed by atoms with Crippen molar-refractivity contribution in [1.29, 1.82) is 0 Å². The standard InChI is InChI=1S/C8H9F2N3O2/c9-7(10)3-2-13-4(1-11)5(6(3)12)8(14)15/h2,7H,1,11H2,(H2,12,13)(H,14,15). The third-order valence-electron chi connectivity index (χ3n) is 1.87. The van der Waals surface area contributed by atoms with Gasteiger partial charge in [0.2, 0.25) is 0 Å². The zero-order valence-corrected chi connectivity index (χ0v) is 7.58. The van der Waals surface area contributed by atoms with Gasteiger partial charge in [-0.1, -0.05) is 0 Å². The monoisotopic (exact) mass is 217 g/mol. The Morgan fingerprint density at radius 3 is 2.60 bits per heavy atom. The highest BCUT2D eigenvalue weighted by molar-refractivity contribution is 5.95. The van der Waals surface area contributed by atoms with Gasteiger partial charge >= 0.3 is 5.97 Å². The lowest BCUT2D eigenvalue weighted by Gasteiger charge is -2.10. The first-order valence-corrected chi connectivity index (χ1v) is 3.97. The number of rotatable bonds is 3. The van der Waals surface area contributed by atoms with Crippen LogP contribution in [0.3, 0.4) is 0 Å². The average molecular weight is 217 g/mol. The van der Waals surface area contributed by atoms with Crippen molar-refractivity contribution in [2.45, 2.75) is 13.0 Å². The number of carboxylic acids is 1. The average Bonchev–Trinajstić information content (AvgIpc) is 2.15. The van der Waals surface area contributed by atoms with Crippen molar-refractivity contribution >= 4 is 11.7 Å². The number of alkyl halides is 2. The lowest BCUT2D eigenvalue weighted by molar-refractivity contribution is 0.0696. The molecule has 0 saturated heterocycles. The predicted molar refractivity (Wildman–Crippen MR) is 48.5 cm³/mol. The van der Waals surface area contributed by atoms with Crippen LogP contribution in [0.2, 0.25) is 0 Å². The van der Waals surface area contributed by atoms with Gasteiger partial charge in [-0.15, -0.1) is 0 Å². The summed E-state index contributed by atoms with van der Waals surface area (Å²) in [6, 6.07) is 0. The first-order chi connectivity index (χ1) is 6.99. The van der Waals surface area contributed by atoms with E-state index in [2.05, 4.69) is 4.98 Å². The van der Waals surface area contributed by atoms with Crippen molar-refractivity contribution in [2.24, 2.45) is 5.73 Å². The maximum absolute atomic E-state index is 12.4. The summed E-state index contributed by atoms with van der Waals surface area (Å²) in [6.45, 7) is -0.171. The summed E-state index contributed by atoms with van der Waals surface area (Å²) in [7, 11) is 0. The maximum atomic E-state index is 12.4. The molecule has 0 bridgehead atoms. The maximum Gasteiger partial charge on any atom is 0.339 e. The molecule has 0 aliphatic carbocycles. The van der Waals surface area contributed by atoms with Crippen LogP contribution in [-0.4, -0.2) is 16.1 Å². The van der Waals surface area contributed by atoms with E-state index in [1.807, 2.05) is 0 Å². The van der Waals surface area contributed by atoms with Crippen molar-refractivity contribution < 1.29 is 18.7 Å². The molecule has 0 atom stereocenters. The van der Waals surface area contributed by atoms with Crippen LogP contribution in [0.25, 0.3) is 0 Å². The Morgan fingerprint density at radius 2 is 2.20 bits per heavy atom. The highest BCUT2D eigenvalue weighted by atomic mass is 19.3. The Bertz CT molecular complexity index is 396. The minimum Gasteiger partial charge on any atom is -0.478 e. The Hall–Kier alpha value is -1.76. The molecule has 82 valence electrons. The van der Waals surface area contributed by atoms with Gasteiger partial charge in [0.15, 0.2) is 0 Å². The lowest BCUT2D eigenvalue weighted by Crippen LogP contribution is -2.14. The largest absolute Gasteiger partial charge is 0.478 e. The quantitative estimate of drug-likeness (QED) is 0.693. The normalized spacial score (nSPS) is 10.7. The molecule has 0 fully saturated rings. The molecule has 7 heteroatoms. The van der Waals surface area contributed by atoms with Crippen LogP contribution in [0, 0.1) is 0 Å². The molecule has 0 aliphatic heterocycles. The third-order valence-corrected chi connectivity index (χ3v) is 1.87. The van der Waals surface area contributed by atoms with Crippen molar-refractivity contribution in [3.8, 4) is 0 Å². The number of nitrogen functional groups attached to an aromatic ring is 1. The molecule has 1 rings (SSSR count). The first-order valence-electron chi connectivity index (χ1n) is 3.97. The van der Waals surface area contributed by atoms with Gasteiger partial charge < -0.3 is 16.6 Å². The SMILES string of the molecule is NCc1ncc(C(F)F)c(N)c1C(=O)O. The molecule has 1 heterocycles. The number of aromatic nitrogens is 1. The van der Waals surface area contributed by atoms with E-state index in [1.165, 1.54) is 0 Å². The van der Waals surface area contributed by atoms with E-state index in [0.717, 1.165) is 6.20 Å². The molecule has 1 aromatic heterocycles. The molecule has 0 spiro atoms. The van der Waals surface area contributed by atoms with Crippen LogP contribution < -0.4 is 11.5 Å². The summed E-state index contributed by atoms with van der Waals surface area (Å²) in [4.78, 5) is 14.3. The first kappa shape index (κ1) is 11.3. The number of hydrogen-bond donors (Lipinski definition) is 3. The van der Waals surface area contributed by atoms with Gasteiger partial charge in [-0.2, -0.15) is 0 Å². The number of nitrogens with zero attached hydrogens (tertiary/aromatic N) is 1. The van der Waals surface area contributed by atoms with Crippen LogP contribution in [0.1, 0.15) is 28.0 Å². The highest BCUT2D eigenvalue weighted by Gasteiger charge is 2.21. The van der Waals surface area contributed by atoms with Gasteiger partial charge in [0.1, 0.15) is 5.56 Å². The summed E-state index contributed by atoms with van der Waals surface area (Å²) >= 11 is 0. The fourth-order valence-electron chi connectivity index (χ4n) is 1.15. The third kappa shape index (κ3) is 2.01. The molecular weight excluding hydrogens is 208 g/mol. The molecule has 5 nitrogen and oxygen atoms in total. The smallest absolute Gasteiger partial charge is 0.339 e. The summed E-state index contributed by atoms with van der Waals surface area (Å²) in [5, 5.41) is 8.76. The second kappa shape index (κ2) is 4.18. The van der Waals surface area contributed by atoms with Crippen LogP contribution in [-0.2, 0) is 6.54 Å². The molecule has 0 unspecified atom stereocenters. The van der Waals surface area contributed by atoms with Crippen molar-refractivity contribution in [3.05, 3.63) is 23.0 Å². The van der Waals surface area contributed by atoms with Gasteiger partial charge in [-0.05, 0) is 0 Å². The van der Waals surface area contributed by atoms with Crippen LogP contribution >= 0.6 is 0 Å². The van der Waals surface area contributed by atoms with Gasteiger partial charge in [0.25, 0.3) is 6.43 Å². The molecule has 1 aromatic rings. The molecule has 0 saturated carbocycles. The molecule has 0 amide bonds. The minimum absolute atomic E-state index is 0.00981. The van der Waals surface area contributed by atoms with Crippen LogP contribution in [0.15, 0.2) is 6.20 Å². The van der Waals surface area contributed by atoms with E-state index >= 15 is 0 Å². The topological polar surface area (TPSA) is 102 Å². The Labute approximate surface area is 83.7 Å². The van der Waals surface area contributed by atoms with Gasteiger partial charge in [0, 0.05) is 12.7 Å². The number of nitrogens with two attached hydrogens (primary N) is 2. The summed E-state index contributed by atoms with van der Waals surface area (Å²) in [5.74, 6) is -1.41. The Kier molecular flexibility index (Phi) is 3.15. The molecule has 0 aliphatic rings. The van der Waals surface area contributed by atoms with Crippen LogP contribution in [0.4, 0.5) is 14.5 Å². The van der Waals surface area contributed by atoms with Crippen molar-refractivity contribution in [1.82, 2.24) is 4.98 Å². The fourth-order valence-corrected chi connectivity index (χ4v) is 1.15. The summed E-state index contributed by atoms with van der Waals surface area (Å²) < 4.78 is 24.7. The summed E-state index contributed by atoms with van der Waals surface area (Å²) in [6.07, 6.45) is -2.02. The van der Waals surface area contributed by atoms with E-state index < -0.39 is 29.2 Å². The number of aromatic carboxylic acids is 1. The van der Waals surface area contributed by atoms with E-state index in [1.54, 1.807) is 0 Å². The minimum atomic E-state index is -2.86. The Morgan fingerprint density at radius 1 is 1.60 bits per heavy atom. The van der Waals surface area contributed by atoms with E-state index in [-0.39, 0.29) is 12.2 Å². The van der Waals surface area contributed by atoms with E-state index in [9.17, 15) is 13.6 Å². The van der Waals surface area contributed by atoms with Crippen LogP contribution in [0.5, 0.6) is 0 Å². The predicted octanol–water partition coefficient (Wildman–Crippen LogP) is 0.758. The highest BCUT2D eigenvalue weighted by Crippen LogP contribution is 2.28. The molecule has 0 aromatic carbocycles. The molecule has 5 N–H and O–H groups in total. The number of carbonyl (C=O) groups is 1. The number of pyridine rings is 1. The number of anilines is 1. The van der Waals surface area contributed by atoms with Gasteiger partial charge in [-0.25, -0.2) is 13.6 Å². The fraction of sp³-hybridized carbons (Fsp3) is 0.250. The van der Waals surface area contributed by atoms with E-state index in [0.29, 0.717) is 0 Å². The summed E-state index contributed by atoms with van der Waals surface area (Å²) in [5.41, 5.74) is 8.99. The Balaban J connectivity index is 3.42. The second-order valence-electron chi connectivity index (χ2n) is 2.76. The second-order valence-corrected chi connectivity index (χ2v) is 2.76.